The first-order valence-electron chi connectivity index (χ1n) is 9.50. The molecule has 8 nitrogen and oxygen atoms in total. The SMILES string of the molecule is CN(C)C(=O)/C=C/c1cnc2c(c1)c(N)c(C(=O)CCc1ccc(F)cc1F)c(=O)n2O. The molecule has 0 aliphatic heterocycles. The van der Waals surface area contributed by atoms with Gasteiger partial charge in [-0.05, 0) is 35.8 Å². The Kier molecular flexibility index (Phi) is 6.33. The van der Waals surface area contributed by atoms with E-state index in [0.29, 0.717) is 11.6 Å². The molecule has 0 radical (unpaired) electrons. The van der Waals surface area contributed by atoms with Gasteiger partial charge in [0.1, 0.15) is 17.2 Å². The molecule has 2 heterocycles. The molecule has 0 saturated carbocycles. The summed E-state index contributed by atoms with van der Waals surface area (Å²) in [6.45, 7) is 0. The summed E-state index contributed by atoms with van der Waals surface area (Å²) in [4.78, 5) is 42.4. The number of pyridine rings is 2. The number of carbonyl (C=O) groups is 2. The van der Waals surface area contributed by atoms with Crippen molar-refractivity contribution in [2.75, 3.05) is 19.8 Å². The maximum atomic E-state index is 13.8. The molecule has 0 aliphatic rings. The molecule has 1 aromatic carbocycles. The van der Waals surface area contributed by atoms with Crippen LogP contribution in [0, 0.1) is 11.6 Å². The third kappa shape index (κ3) is 4.48. The van der Waals surface area contributed by atoms with Gasteiger partial charge in [0.2, 0.25) is 5.91 Å². The number of hydrogen-bond acceptors (Lipinski definition) is 6. The molecular formula is C22H20F2N4O4. The number of fused-ring (bicyclic) bond motifs is 1. The van der Waals surface area contributed by atoms with E-state index in [2.05, 4.69) is 4.98 Å². The second-order valence-corrected chi connectivity index (χ2v) is 7.27. The number of Topliss-reactive ketones (excluding diaryl/α,β-unsaturated/α-hetero) is 1. The summed E-state index contributed by atoms with van der Waals surface area (Å²) < 4.78 is 27.1. The number of hydrogen-bond donors (Lipinski definition) is 2. The number of anilines is 1. The smallest absolute Gasteiger partial charge is 0.297 e. The second-order valence-electron chi connectivity index (χ2n) is 7.27. The largest absolute Gasteiger partial charge is 0.423 e. The van der Waals surface area contributed by atoms with Crippen LogP contribution in [0.3, 0.4) is 0 Å². The minimum absolute atomic E-state index is 0.0963. The standard InChI is InChI=1S/C22H20F2N4O4/c1-27(2)18(30)8-3-12-9-15-20(25)19(22(31)28(32)21(15)26-11-12)17(29)7-5-13-4-6-14(23)10-16(13)24/h3-4,6,8-11,32H,5,7,25H2,1-2H3/b8-3+. The number of carbonyl (C=O) groups excluding carboxylic acids is 2. The zero-order chi connectivity index (χ0) is 23.6. The summed E-state index contributed by atoms with van der Waals surface area (Å²) in [6.07, 6.45) is 3.71. The summed E-state index contributed by atoms with van der Waals surface area (Å²) in [5, 5.41) is 10.3. The van der Waals surface area contributed by atoms with E-state index >= 15 is 0 Å². The minimum atomic E-state index is -1.06. The lowest BCUT2D eigenvalue weighted by molar-refractivity contribution is -0.123. The van der Waals surface area contributed by atoms with E-state index in [0.717, 1.165) is 6.07 Å². The van der Waals surface area contributed by atoms with E-state index in [1.54, 1.807) is 14.1 Å². The van der Waals surface area contributed by atoms with Crippen molar-refractivity contribution < 1.29 is 23.6 Å². The van der Waals surface area contributed by atoms with E-state index < -0.39 is 28.5 Å². The molecule has 0 atom stereocenters. The Morgan fingerprint density at radius 1 is 1.25 bits per heavy atom. The molecule has 10 heteroatoms. The predicted molar refractivity (Wildman–Crippen MR) is 114 cm³/mol. The van der Waals surface area contributed by atoms with Gasteiger partial charge in [-0.25, -0.2) is 13.8 Å². The van der Waals surface area contributed by atoms with Gasteiger partial charge in [0, 0.05) is 44.2 Å². The molecule has 0 fully saturated rings. The number of ketones is 1. The Balaban J connectivity index is 1.98. The van der Waals surface area contributed by atoms with E-state index in [1.807, 2.05) is 0 Å². The van der Waals surface area contributed by atoms with Crippen molar-refractivity contribution in [3.05, 3.63) is 75.2 Å². The number of amides is 1. The van der Waals surface area contributed by atoms with Crippen molar-refractivity contribution in [1.82, 2.24) is 14.6 Å². The van der Waals surface area contributed by atoms with Crippen molar-refractivity contribution in [1.29, 1.82) is 0 Å². The van der Waals surface area contributed by atoms with Crippen LogP contribution < -0.4 is 11.3 Å². The zero-order valence-electron chi connectivity index (χ0n) is 17.3. The van der Waals surface area contributed by atoms with E-state index in [4.69, 9.17) is 5.73 Å². The zero-order valence-corrected chi connectivity index (χ0v) is 17.3. The lowest BCUT2D eigenvalue weighted by Crippen LogP contribution is -2.28. The van der Waals surface area contributed by atoms with Gasteiger partial charge in [-0.1, -0.05) is 6.07 Å². The van der Waals surface area contributed by atoms with Gasteiger partial charge >= 0.3 is 0 Å². The van der Waals surface area contributed by atoms with Crippen molar-refractivity contribution in [3.63, 3.8) is 0 Å². The highest BCUT2D eigenvalue weighted by atomic mass is 19.1. The molecule has 2 aromatic heterocycles. The monoisotopic (exact) mass is 442 g/mol. The van der Waals surface area contributed by atoms with Crippen molar-refractivity contribution in [2.45, 2.75) is 12.8 Å². The minimum Gasteiger partial charge on any atom is -0.423 e. The number of rotatable bonds is 6. The quantitative estimate of drug-likeness (QED) is 0.344. The average molecular weight is 442 g/mol. The summed E-state index contributed by atoms with van der Waals surface area (Å²) in [7, 11) is 3.17. The van der Waals surface area contributed by atoms with Gasteiger partial charge in [0.15, 0.2) is 11.4 Å². The summed E-state index contributed by atoms with van der Waals surface area (Å²) in [5.74, 6) is -2.54. The third-order valence-corrected chi connectivity index (χ3v) is 4.83. The molecule has 3 N–H and O–H groups in total. The Morgan fingerprint density at radius 2 is 1.97 bits per heavy atom. The Labute approximate surface area is 181 Å². The van der Waals surface area contributed by atoms with Crippen LogP contribution in [0.2, 0.25) is 0 Å². The highest BCUT2D eigenvalue weighted by Gasteiger charge is 2.22. The number of likely N-dealkylation sites (N-methyl/N-ethyl adjacent to an activating group) is 1. The molecule has 0 aliphatic carbocycles. The lowest BCUT2D eigenvalue weighted by atomic mass is 10.0. The van der Waals surface area contributed by atoms with Crippen LogP contribution in [0.4, 0.5) is 14.5 Å². The highest BCUT2D eigenvalue weighted by molar-refractivity contribution is 6.07. The summed E-state index contributed by atoms with van der Waals surface area (Å²) >= 11 is 0. The van der Waals surface area contributed by atoms with Crippen molar-refractivity contribution in [2.24, 2.45) is 0 Å². The van der Waals surface area contributed by atoms with E-state index in [1.165, 1.54) is 35.4 Å². The first-order chi connectivity index (χ1) is 15.1. The molecule has 0 spiro atoms. The Bertz CT molecular complexity index is 1320. The molecule has 3 aromatic rings. The van der Waals surface area contributed by atoms with Crippen LogP contribution in [-0.2, 0) is 11.2 Å². The summed E-state index contributed by atoms with van der Waals surface area (Å²) in [6, 6.07) is 4.45. The maximum absolute atomic E-state index is 13.8. The van der Waals surface area contributed by atoms with Crippen LogP contribution in [0.25, 0.3) is 17.1 Å². The number of benzene rings is 1. The topological polar surface area (TPSA) is 119 Å². The van der Waals surface area contributed by atoms with E-state index in [-0.39, 0.29) is 45.8 Å². The molecule has 32 heavy (non-hydrogen) atoms. The van der Waals surface area contributed by atoms with Gasteiger partial charge in [-0.2, -0.15) is 0 Å². The van der Waals surface area contributed by atoms with Crippen molar-refractivity contribution >= 4 is 34.5 Å². The Hall–Kier alpha value is -4.08. The molecule has 0 bridgehead atoms. The maximum Gasteiger partial charge on any atom is 0.297 e. The van der Waals surface area contributed by atoms with Crippen LogP contribution in [0.1, 0.15) is 27.9 Å². The van der Waals surface area contributed by atoms with E-state index in [9.17, 15) is 28.4 Å². The fraction of sp³-hybridized carbons (Fsp3) is 0.182. The number of aromatic nitrogens is 2. The van der Waals surface area contributed by atoms with Gasteiger partial charge in [0.05, 0.1) is 5.69 Å². The van der Waals surface area contributed by atoms with Gasteiger partial charge < -0.3 is 15.8 Å². The van der Waals surface area contributed by atoms with Gasteiger partial charge in [-0.3, -0.25) is 14.4 Å². The number of halogens is 2. The third-order valence-electron chi connectivity index (χ3n) is 4.83. The highest BCUT2D eigenvalue weighted by Crippen LogP contribution is 2.24. The molecule has 1 amide bonds. The number of nitrogen functional groups attached to an aromatic ring is 1. The van der Waals surface area contributed by atoms with Crippen LogP contribution in [-0.4, -0.2) is 45.6 Å². The first-order valence-corrected chi connectivity index (χ1v) is 9.50. The molecule has 0 unspecified atom stereocenters. The normalized spacial score (nSPS) is 11.2. The fourth-order valence-electron chi connectivity index (χ4n) is 3.07. The molecular weight excluding hydrogens is 422 g/mol. The second kappa shape index (κ2) is 8.96. The Morgan fingerprint density at radius 3 is 2.62 bits per heavy atom. The lowest BCUT2D eigenvalue weighted by Gasteiger charge is -2.11. The molecule has 0 saturated heterocycles. The van der Waals surface area contributed by atoms with Gasteiger partial charge in [0.25, 0.3) is 5.56 Å². The molecule has 3 rings (SSSR count). The number of nitrogens with zero attached hydrogens (tertiary/aromatic N) is 3. The van der Waals surface area contributed by atoms with Crippen LogP contribution >= 0.6 is 0 Å². The van der Waals surface area contributed by atoms with Crippen LogP contribution in [0.15, 0.2) is 41.3 Å². The predicted octanol–water partition coefficient (Wildman–Crippen LogP) is 2.41. The number of aryl methyl sites for hydroxylation is 1. The van der Waals surface area contributed by atoms with Crippen LogP contribution in [0.5, 0.6) is 0 Å². The summed E-state index contributed by atoms with van der Waals surface area (Å²) in [5.41, 5.74) is 4.75. The number of nitrogens with two attached hydrogens (primary N) is 1. The molecule has 166 valence electrons. The fourth-order valence-corrected chi connectivity index (χ4v) is 3.07. The van der Waals surface area contributed by atoms with Crippen molar-refractivity contribution in [3.8, 4) is 0 Å². The first kappa shape index (κ1) is 22.6. The average Bonchev–Trinajstić information content (AvgIpc) is 2.75. The van der Waals surface area contributed by atoms with Gasteiger partial charge in [-0.15, -0.1) is 4.73 Å².